The summed E-state index contributed by atoms with van der Waals surface area (Å²) in [6, 6.07) is 36.6. The van der Waals surface area contributed by atoms with Gasteiger partial charge in [-0.25, -0.2) is 0 Å². The summed E-state index contributed by atoms with van der Waals surface area (Å²) in [7, 11) is 7.07. The van der Waals surface area contributed by atoms with Crippen LogP contribution in [0.1, 0.15) is 91.9 Å². The van der Waals surface area contributed by atoms with E-state index in [-0.39, 0.29) is 90.8 Å². The first-order valence-corrected chi connectivity index (χ1v) is 36.0. The van der Waals surface area contributed by atoms with E-state index in [1.54, 1.807) is 194 Å². The Balaban J connectivity index is 0.000000136. The standard InChI is InChI=1S/C20H14F2N6O.C19H14F2IN7.C19H13F2N7O.C19H13F2N7.4CH4/c1-27-11-14(10-23-27)17-6-7-18-24-25-19(28(18)26-17)20(21,22)15-4-2-13-9-16(29)5-3-12(13)8-15;1-28-10-12(9-23-28)15-5-7-17-25-26-18(29(17)27-15)19(20,21)13-3-4-14-11(8-13)2-6-16(22)24-14;1-26-11-13(10-22-26)15-5-7-17-23-24-18(28(17)25-15)19(20,21)14-4-6-16-12(9-14)3-2-8-27(16)29;1-27-11-13(10-23-27)16-6-7-17-24-25-18(28(17)26-16)19(20,21)14-4-5-15-12(9-14)3-2-8-22-15;;;;/h2-8,10-11H,9H2,1H3;2-10,16,24H,1H3;2-11H,1H3;2-11H,1H3;4*1H4. The predicted molar refractivity (Wildman–Crippen MR) is 437 cm³/mol. The van der Waals surface area contributed by atoms with Crippen molar-refractivity contribution in [2.45, 2.75) is 63.9 Å². The van der Waals surface area contributed by atoms with Crippen molar-refractivity contribution >= 4 is 90.6 Å². The molecule has 38 heteroatoms. The molecule has 20 rings (SSSR count). The molecule has 1 aliphatic carbocycles. The van der Waals surface area contributed by atoms with Gasteiger partial charge in [0.05, 0.1) is 57.1 Å². The minimum absolute atomic E-state index is 0. The fraction of sp³-hybridized carbons (Fsp3) is 0.173. The van der Waals surface area contributed by atoms with Gasteiger partial charge in [-0.3, -0.25) is 28.5 Å². The summed E-state index contributed by atoms with van der Waals surface area (Å²) in [5, 5.41) is 79.9. The van der Waals surface area contributed by atoms with Gasteiger partial charge in [0.15, 0.2) is 34.6 Å². The van der Waals surface area contributed by atoms with Gasteiger partial charge in [0.2, 0.25) is 28.8 Å². The van der Waals surface area contributed by atoms with Crippen molar-refractivity contribution in [3.05, 3.63) is 287 Å². The summed E-state index contributed by atoms with van der Waals surface area (Å²) in [4.78, 5) is 15.7. The van der Waals surface area contributed by atoms with Gasteiger partial charge in [-0.15, -0.1) is 40.8 Å². The van der Waals surface area contributed by atoms with Crippen LogP contribution in [0, 0.1) is 5.21 Å². The number of hydrogen-bond donors (Lipinski definition) is 1. The molecule has 4 aromatic carbocycles. The zero-order valence-corrected chi connectivity index (χ0v) is 62.2. The first-order chi connectivity index (χ1) is 55.3. The quantitative estimate of drug-likeness (QED) is 0.0297. The van der Waals surface area contributed by atoms with Crippen molar-refractivity contribution in [2.75, 3.05) is 5.32 Å². The fourth-order valence-electron chi connectivity index (χ4n) is 12.9. The number of fused-ring (bicyclic) bond motifs is 8. The first-order valence-electron chi connectivity index (χ1n) is 34.7. The van der Waals surface area contributed by atoms with E-state index in [9.17, 15) is 10.0 Å². The third kappa shape index (κ3) is 15.8. The molecule has 1 N–H and O–H groups in total. The third-order valence-electron chi connectivity index (χ3n) is 18.7. The number of pyridine rings is 2. The van der Waals surface area contributed by atoms with Crippen LogP contribution < -0.4 is 10.0 Å². The Morgan fingerprint density at radius 1 is 0.437 bits per heavy atom. The number of ketones is 1. The van der Waals surface area contributed by atoms with Gasteiger partial charge in [0, 0.05) is 139 Å². The number of rotatable bonds is 12. The number of carbonyl (C=O) groups excluding carboxylic acids is 1. The summed E-state index contributed by atoms with van der Waals surface area (Å²) in [5.74, 6) is -16.0. The molecule has 0 amide bonds. The lowest BCUT2D eigenvalue weighted by Crippen LogP contribution is -2.26. The molecule has 1 aliphatic heterocycles. The predicted octanol–water partition coefficient (Wildman–Crippen LogP) is 14.9. The maximum Gasteiger partial charge on any atom is 0.333 e. The SMILES string of the molecule is C.C.C.C.Cn1cc(-c2ccc3nnc(C(F)(F)c4ccc5c(c4)C=CC(=O)C5)n3n2)cn1.Cn1cc(-c2ccc3nnc(C(F)(F)c4ccc5c(c4)C=CC(I)N5)n3n2)cn1.Cn1cc(-c2ccc3nnc(C(F)(F)c4ccc5c(ccc[n+]5[O-])c4)n3n2)cn1.Cn1cc(-c2ccc3nnc(C(F)(F)c4ccc5ncccc5c4)n3n2)cn1. The number of allylic oxidation sites excluding steroid dienone is 1. The molecule has 0 bridgehead atoms. The topological polar surface area (TPSA) is 313 Å². The molecule has 0 spiro atoms. The van der Waals surface area contributed by atoms with Crippen LogP contribution in [-0.4, -0.2) is 133 Å². The molecule has 0 saturated heterocycles. The van der Waals surface area contributed by atoms with Crippen molar-refractivity contribution in [1.82, 2.24) is 123 Å². The van der Waals surface area contributed by atoms with Gasteiger partial charge in [-0.05, 0) is 126 Å². The molecule has 2 aliphatic rings. The van der Waals surface area contributed by atoms with E-state index in [0.717, 1.165) is 34.9 Å². The number of nitrogens with one attached hydrogen (secondary N) is 1. The normalized spacial score (nSPS) is 13.1. The molecule has 18 aromatic rings. The number of hydrogen-bond acceptors (Lipinski definition) is 20. The van der Waals surface area contributed by atoms with E-state index >= 15 is 35.1 Å². The molecule has 15 heterocycles. The van der Waals surface area contributed by atoms with Gasteiger partial charge in [0.25, 0.3) is 0 Å². The minimum atomic E-state index is -3.47. The number of aryl methyl sites for hydroxylation is 4. The minimum Gasteiger partial charge on any atom is -0.618 e. The highest BCUT2D eigenvalue weighted by Gasteiger charge is 2.44. The summed E-state index contributed by atoms with van der Waals surface area (Å²) in [6.45, 7) is 0. The van der Waals surface area contributed by atoms with Gasteiger partial charge in [0.1, 0.15) is 0 Å². The number of carbonyl (C=O) groups is 1. The van der Waals surface area contributed by atoms with E-state index in [1.165, 1.54) is 72.9 Å². The lowest BCUT2D eigenvalue weighted by atomic mass is 9.93. The van der Waals surface area contributed by atoms with Crippen LogP contribution in [0.2, 0.25) is 0 Å². The van der Waals surface area contributed by atoms with Crippen molar-refractivity contribution < 1.29 is 44.6 Å². The number of aromatic nitrogens is 26. The summed E-state index contributed by atoms with van der Waals surface area (Å²) in [5.41, 5.74) is 8.54. The number of alkyl halides is 9. The zero-order valence-electron chi connectivity index (χ0n) is 60.1. The van der Waals surface area contributed by atoms with E-state index in [2.05, 4.69) is 114 Å². The van der Waals surface area contributed by atoms with Crippen LogP contribution in [0.4, 0.5) is 40.8 Å². The largest absolute Gasteiger partial charge is 0.618 e. The van der Waals surface area contributed by atoms with Crippen LogP contribution in [0.5, 0.6) is 0 Å². The van der Waals surface area contributed by atoms with Gasteiger partial charge < -0.3 is 10.5 Å². The Labute approximate surface area is 684 Å². The summed E-state index contributed by atoms with van der Waals surface area (Å²) in [6.07, 6.45) is 23.3. The van der Waals surface area contributed by atoms with E-state index in [4.69, 9.17) is 0 Å². The van der Waals surface area contributed by atoms with Crippen LogP contribution in [0.25, 0.3) is 102 Å². The number of nitrogens with zero attached hydrogens (tertiary/aromatic N) is 26. The fourth-order valence-corrected chi connectivity index (χ4v) is 13.4. The monoisotopic (exact) mass is 1730 g/mol. The lowest BCUT2D eigenvalue weighted by Gasteiger charge is -2.21. The molecule has 1 atom stereocenters. The van der Waals surface area contributed by atoms with Crippen LogP contribution in [-0.2, 0) is 63.1 Å². The van der Waals surface area contributed by atoms with Crippen molar-refractivity contribution in [3.8, 4) is 45.0 Å². The highest BCUT2D eigenvalue weighted by atomic mass is 127. The van der Waals surface area contributed by atoms with Crippen LogP contribution >= 0.6 is 22.6 Å². The highest BCUT2D eigenvalue weighted by molar-refractivity contribution is 14.1. The Hall–Kier alpha value is -14.3. The second-order valence-electron chi connectivity index (χ2n) is 26.6. The third-order valence-corrected chi connectivity index (χ3v) is 19.5. The first kappa shape index (κ1) is 82.6. The van der Waals surface area contributed by atoms with Crippen molar-refractivity contribution in [2.24, 2.45) is 28.2 Å². The molecule has 0 saturated carbocycles. The second kappa shape index (κ2) is 32.4. The van der Waals surface area contributed by atoms with Crippen molar-refractivity contribution in [1.29, 1.82) is 0 Å². The molecule has 604 valence electrons. The highest BCUT2D eigenvalue weighted by Crippen LogP contribution is 2.42. The maximum atomic E-state index is 15.4. The molecular formula is C81H70F8IN27O2. The van der Waals surface area contributed by atoms with Crippen LogP contribution in [0.3, 0.4) is 0 Å². The van der Waals surface area contributed by atoms with Gasteiger partial charge in [-0.1, -0.05) is 101 Å². The smallest absolute Gasteiger partial charge is 0.333 e. The van der Waals surface area contributed by atoms with E-state index in [0.29, 0.717) is 77.1 Å². The van der Waals surface area contributed by atoms with Gasteiger partial charge >= 0.3 is 23.7 Å². The Morgan fingerprint density at radius 3 is 1.25 bits per heavy atom. The molecule has 29 nitrogen and oxygen atoms in total. The van der Waals surface area contributed by atoms with Crippen molar-refractivity contribution in [3.63, 3.8) is 0 Å². The van der Waals surface area contributed by atoms with E-state index in [1.807, 2.05) is 12.2 Å². The molecule has 1 unspecified atom stereocenters. The van der Waals surface area contributed by atoms with Crippen LogP contribution in [0.15, 0.2) is 220 Å². The van der Waals surface area contributed by atoms with Gasteiger partial charge in [-0.2, -0.15) is 98.7 Å². The zero-order chi connectivity index (χ0) is 79.8. The molecule has 119 heavy (non-hydrogen) atoms. The number of anilines is 1. The Kier molecular flexibility index (Phi) is 22.5. The lowest BCUT2D eigenvalue weighted by molar-refractivity contribution is -0.577. The summed E-state index contributed by atoms with van der Waals surface area (Å²) < 4.78 is 134. The average molecular weight is 1730 g/mol. The average Bonchev–Trinajstić information content (AvgIpc) is 1.69. The number of benzene rings is 4. The second-order valence-corrected chi connectivity index (χ2v) is 27.9. The molecule has 0 radical (unpaired) electrons. The summed E-state index contributed by atoms with van der Waals surface area (Å²) >= 11 is 2.22. The number of halogens is 9. The molecule has 14 aromatic heterocycles. The van der Waals surface area contributed by atoms with E-state index < -0.39 is 47.0 Å². The molecular weight excluding hydrogens is 1660 g/mol. The maximum absolute atomic E-state index is 15.4. The Morgan fingerprint density at radius 2 is 0.824 bits per heavy atom. The Bertz CT molecular complexity index is 6900. The molecule has 0 fully saturated rings.